The van der Waals surface area contributed by atoms with E-state index in [0.29, 0.717) is 13.1 Å². The highest BCUT2D eigenvalue weighted by Gasteiger charge is 2.18. The molecule has 0 spiro atoms. The minimum absolute atomic E-state index is 0.158. The predicted octanol–water partition coefficient (Wildman–Crippen LogP) is 1.01. The van der Waals surface area contributed by atoms with E-state index in [1.165, 1.54) is 10.6 Å². The normalized spacial score (nSPS) is 11.9. The van der Waals surface area contributed by atoms with Gasteiger partial charge in [-0.2, -0.15) is 0 Å². The van der Waals surface area contributed by atoms with Crippen LogP contribution in [0.3, 0.4) is 0 Å². The minimum Gasteiger partial charge on any atom is -0.352 e. The smallest absolute Gasteiger partial charge is 0.221 e. The maximum absolute atomic E-state index is 11.8. The van der Waals surface area contributed by atoms with Gasteiger partial charge in [0.2, 0.25) is 15.9 Å². The lowest BCUT2D eigenvalue weighted by atomic mass is 10.2. The Morgan fingerprint density at radius 2 is 1.95 bits per heavy atom. The highest BCUT2D eigenvalue weighted by atomic mass is 32.2. The Morgan fingerprint density at radius 3 is 2.48 bits per heavy atom. The van der Waals surface area contributed by atoms with Gasteiger partial charge in [0.1, 0.15) is 0 Å². The van der Waals surface area contributed by atoms with Crippen molar-refractivity contribution in [1.82, 2.24) is 14.6 Å². The van der Waals surface area contributed by atoms with Crippen molar-refractivity contribution < 1.29 is 13.2 Å². The van der Waals surface area contributed by atoms with Crippen LogP contribution >= 0.6 is 0 Å². The number of amides is 1. The average molecular weight is 313 g/mol. The molecule has 0 aliphatic rings. The lowest BCUT2D eigenvalue weighted by molar-refractivity contribution is -0.121. The first-order valence-corrected chi connectivity index (χ1v) is 8.74. The molecule has 118 valence electrons. The van der Waals surface area contributed by atoms with Gasteiger partial charge in [-0.15, -0.1) is 0 Å². The fourth-order valence-electron chi connectivity index (χ4n) is 1.82. The summed E-state index contributed by atoms with van der Waals surface area (Å²) in [5.41, 5.74) is 0.959. The molecule has 0 aliphatic heterocycles. The zero-order valence-electron chi connectivity index (χ0n) is 12.7. The molecule has 6 nitrogen and oxygen atoms in total. The lowest BCUT2D eigenvalue weighted by Gasteiger charge is -2.21. The van der Waals surface area contributed by atoms with Gasteiger partial charge in [0.05, 0.1) is 6.26 Å². The molecule has 0 saturated heterocycles. The van der Waals surface area contributed by atoms with Crippen LogP contribution in [0.15, 0.2) is 24.5 Å². The van der Waals surface area contributed by atoms with Crippen molar-refractivity contribution >= 4 is 15.9 Å². The number of nitrogens with zero attached hydrogens (tertiary/aromatic N) is 2. The third-order valence-corrected chi connectivity index (χ3v) is 4.13. The molecule has 1 amide bonds. The molecule has 1 aromatic heterocycles. The van der Waals surface area contributed by atoms with E-state index in [9.17, 15) is 13.2 Å². The molecule has 0 bridgehead atoms. The third-order valence-electron chi connectivity index (χ3n) is 2.87. The summed E-state index contributed by atoms with van der Waals surface area (Å²) >= 11 is 0. The zero-order valence-corrected chi connectivity index (χ0v) is 13.6. The predicted molar refractivity (Wildman–Crippen MR) is 82.0 cm³/mol. The number of hydrogen-bond acceptors (Lipinski definition) is 4. The van der Waals surface area contributed by atoms with Crippen molar-refractivity contribution in [3.05, 3.63) is 30.1 Å². The third kappa shape index (κ3) is 7.19. The molecule has 0 unspecified atom stereocenters. The van der Waals surface area contributed by atoms with Gasteiger partial charge in [-0.3, -0.25) is 9.78 Å². The van der Waals surface area contributed by atoms with Crippen molar-refractivity contribution in [1.29, 1.82) is 0 Å². The van der Waals surface area contributed by atoms with Gasteiger partial charge in [-0.25, -0.2) is 12.7 Å². The van der Waals surface area contributed by atoms with Crippen LogP contribution in [0.5, 0.6) is 0 Å². The van der Waals surface area contributed by atoms with Crippen LogP contribution in [0.25, 0.3) is 0 Å². The Balaban J connectivity index is 2.43. The number of hydrogen-bond donors (Lipinski definition) is 1. The van der Waals surface area contributed by atoms with Crippen LogP contribution < -0.4 is 5.32 Å². The number of pyridine rings is 1. The zero-order chi connectivity index (χ0) is 15.9. The minimum atomic E-state index is -3.28. The number of carbonyl (C=O) groups excluding carboxylic acids is 1. The lowest BCUT2D eigenvalue weighted by Crippen LogP contribution is -2.36. The molecular weight excluding hydrogens is 290 g/mol. The molecule has 21 heavy (non-hydrogen) atoms. The van der Waals surface area contributed by atoms with Gasteiger partial charge in [0.15, 0.2) is 0 Å². The molecule has 1 aromatic rings. The number of carbonyl (C=O) groups is 1. The van der Waals surface area contributed by atoms with Crippen LogP contribution in [0.2, 0.25) is 0 Å². The molecular formula is C14H23N3O3S. The summed E-state index contributed by atoms with van der Waals surface area (Å²) in [7, 11) is -3.28. The SMILES string of the molecule is CC(C)CN(CCC(=O)NCc1ccncc1)S(C)(=O)=O. The summed E-state index contributed by atoms with van der Waals surface area (Å²) in [6.45, 7) is 4.95. The van der Waals surface area contributed by atoms with Crippen molar-refractivity contribution in [2.24, 2.45) is 5.92 Å². The fraction of sp³-hybridized carbons (Fsp3) is 0.571. The first-order chi connectivity index (χ1) is 9.79. The molecule has 1 heterocycles. The Bertz CT molecular complexity index is 544. The monoisotopic (exact) mass is 313 g/mol. The van der Waals surface area contributed by atoms with E-state index in [4.69, 9.17) is 0 Å². The van der Waals surface area contributed by atoms with Crippen molar-refractivity contribution in [2.45, 2.75) is 26.8 Å². The second-order valence-corrected chi connectivity index (χ2v) is 7.38. The molecule has 0 atom stereocenters. The largest absolute Gasteiger partial charge is 0.352 e. The van der Waals surface area contributed by atoms with Crippen LogP contribution in [-0.2, 0) is 21.4 Å². The van der Waals surface area contributed by atoms with E-state index in [1.807, 2.05) is 26.0 Å². The molecule has 0 saturated carbocycles. The van der Waals surface area contributed by atoms with E-state index < -0.39 is 10.0 Å². The Labute approximate surface area is 126 Å². The first-order valence-electron chi connectivity index (χ1n) is 6.89. The van der Waals surface area contributed by atoms with Crippen molar-refractivity contribution in [3.8, 4) is 0 Å². The Kier molecular flexibility index (Phi) is 6.77. The molecule has 1 N–H and O–H groups in total. The quantitative estimate of drug-likeness (QED) is 0.776. The van der Waals surface area contributed by atoms with E-state index >= 15 is 0 Å². The number of nitrogens with one attached hydrogen (secondary N) is 1. The summed E-state index contributed by atoms with van der Waals surface area (Å²) in [6.07, 6.45) is 4.65. The summed E-state index contributed by atoms with van der Waals surface area (Å²) in [4.78, 5) is 15.7. The highest BCUT2D eigenvalue weighted by molar-refractivity contribution is 7.88. The molecule has 0 aliphatic carbocycles. The van der Waals surface area contributed by atoms with Gasteiger partial charge < -0.3 is 5.32 Å². The fourth-order valence-corrected chi connectivity index (χ4v) is 2.81. The standard InChI is InChI=1S/C14H23N3O3S/c1-12(2)11-17(21(3,19)20)9-6-14(18)16-10-13-4-7-15-8-5-13/h4-5,7-8,12H,6,9-11H2,1-3H3,(H,16,18). The van der Waals surface area contributed by atoms with Gasteiger partial charge in [0.25, 0.3) is 0 Å². The van der Waals surface area contributed by atoms with Crippen LogP contribution in [0.1, 0.15) is 25.8 Å². The summed E-state index contributed by atoms with van der Waals surface area (Å²) in [5.74, 6) is 0.0591. The van der Waals surface area contributed by atoms with Gasteiger partial charge >= 0.3 is 0 Å². The average Bonchev–Trinajstić information content (AvgIpc) is 2.40. The topological polar surface area (TPSA) is 79.4 Å². The van der Waals surface area contributed by atoms with Crippen molar-refractivity contribution in [3.63, 3.8) is 0 Å². The number of aromatic nitrogens is 1. The Morgan fingerprint density at radius 1 is 1.33 bits per heavy atom. The van der Waals surface area contributed by atoms with Crippen LogP contribution in [0.4, 0.5) is 0 Å². The second-order valence-electron chi connectivity index (χ2n) is 5.40. The van der Waals surface area contributed by atoms with Crippen LogP contribution in [-0.4, -0.2) is 43.0 Å². The summed E-state index contributed by atoms with van der Waals surface area (Å²) < 4.78 is 24.6. The highest BCUT2D eigenvalue weighted by Crippen LogP contribution is 2.05. The van der Waals surface area contributed by atoms with E-state index in [0.717, 1.165) is 5.56 Å². The van der Waals surface area contributed by atoms with E-state index in [2.05, 4.69) is 10.3 Å². The second kappa shape index (κ2) is 8.09. The number of rotatable bonds is 8. The summed E-state index contributed by atoms with van der Waals surface area (Å²) in [5, 5.41) is 2.77. The van der Waals surface area contributed by atoms with Gasteiger partial charge in [-0.05, 0) is 23.6 Å². The van der Waals surface area contributed by atoms with E-state index in [-0.39, 0.29) is 24.8 Å². The Hall–Kier alpha value is -1.47. The molecule has 7 heteroatoms. The molecule has 0 fully saturated rings. The maximum atomic E-state index is 11.8. The molecule has 0 radical (unpaired) electrons. The summed E-state index contributed by atoms with van der Waals surface area (Å²) in [6, 6.07) is 3.64. The first kappa shape index (κ1) is 17.6. The van der Waals surface area contributed by atoms with Gasteiger partial charge in [0, 0.05) is 38.4 Å². The van der Waals surface area contributed by atoms with Crippen LogP contribution in [0, 0.1) is 5.92 Å². The molecule has 1 rings (SSSR count). The van der Waals surface area contributed by atoms with E-state index in [1.54, 1.807) is 12.4 Å². The number of sulfonamides is 1. The van der Waals surface area contributed by atoms with Gasteiger partial charge in [-0.1, -0.05) is 13.8 Å². The van der Waals surface area contributed by atoms with Crippen molar-refractivity contribution in [2.75, 3.05) is 19.3 Å². The maximum Gasteiger partial charge on any atom is 0.221 e. The molecule has 0 aromatic carbocycles.